The average molecular weight is 289 g/mol. The lowest BCUT2D eigenvalue weighted by Gasteiger charge is -2.10. The monoisotopic (exact) mass is 289 g/mol. The van der Waals surface area contributed by atoms with E-state index >= 15 is 0 Å². The second-order valence-corrected chi connectivity index (χ2v) is 4.34. The lowest BCUT2D eigenvalue weighted by Crippen LogP contribution is -2.03. The van der Waals surface area contributed by atoms with Crippen LogP contribution in [0.5, 0.6) is 0 Å². The zero-order valence-corrected chi connectivity index (χ0v) is 10.7. The van der Waals surface area contributed by atoms with Gasteiger partial charge in [-0.2, -0.15) is 0 Å². The summed E-state index contributed by atoms with van der Waals surface area (Å²) in [5.41, 5.74) is 0.912. The number of anilines is 2. The van der Waals surface area contributed by atoms with Crippen molar-refractivity contribution < 1.29 is 13.2 Å². The number of rotatable bonds is 3. The second kappa shape index (κ2) is 5.32. The Morgan fingerprint density at radius 1 is 0.952 bits per heavy atom. The molecule has 0 saturated heterocycles. The predicted octanol–water partition coefficient (Wildman–Crippen LogP) is 4.03. The van der Waals surface area contributed by atoms with Crippen molar-refractivity contribution in [2.75, 3.05) is 5.32 Å². The van der Waals surface area contributed by atoms with Gasteiger partial charge < -0.3 is 5.32 Å². The van der Waals surface area contributed by atoms with E-state index in [4.69, 9.17) is 0 Å². The first kappa shape index (κ1) is 13.2. The van der Waals surface area contributed by atoms with Crippen LogP contribution in [-0.2, 0) is 0 Å². The van der Waals surface area contributed by atoms with Gasteiger partial charge in [0.25, 0.3) is 0 Å². The number of aromatic nitrogens is 2. The minimum atomic E-state index is -1.49. The number of hydrogen-bond acceptors (Lipinski definition) is 2. The molecule has 0 amide bonds. The molecule has 3 nitrogen and oxygen atoms in total. The molecular formula is C15H10F3N3. The van der Waals surface area contributed by atoms with Crippen molar-refractivity contribution in [1.82, 2.24) is 9.55 Å². The van der Waals surface area contributed by atoms with Crippen molar-refractivity contribution in [2.24, 2.45) is 0 Å². The van der Waals surface area contributed by atoms with E-state index in [1.54, 1.807) is 0 Å². The fourth-order valence-electron chi connectivity index (χ4n) is 1.94. The van der Waals surface area contributed by atoms with Crippen molar-refractivity contribution in [2.45, 2.75) is 0 Å². The Morgan fingerprint density at radius 3 is 2.29 bits per heavy atom. The highest BCUT2D eigenvalue weighted by Gasteiger charge is 2.13. The highest BCUT2D eigenvalue weighted by atomic mass is 19.2. The molecule has 3 aromatic rings. The number of nitrogens with zero attached hydrogens (tertiary/aromatic N) is 2. The van der Waals surface area contributed by atoms with Crippen LogP contribution in [0.2, 0.25) is 0 Å². The van der Waals surface area contributed by atoms with Crippen LogP contribution in [0, 0.1) is 17.5 Å². The molecule has 1 heterocycles. The van der Waals surface area contributed by atoms with Crippen LogP contribution in [0.15, 0.2) is 54.9 Å². The summed E-state index contributed by atoms with van der Waals surface area (Å²) in [6.07, 6.45) is 3.00. The molecule has 0 aliphatic carbocycles. The Balaban J connectivity index is 1.99. The van der Waals surface area contributed by atoms with Gasteiger partial charge in [0.15, 0.2) is 17.5 Å². The van der Waals surface area contributed by atoms with Crippen LogP contribution in [0.4, 0.5) is 24.8 Å². The zero-order chi connectivity index (χ0) is 14.8. The third-order valence-corrected chi connectivity index (χ3v) is 2.92. The lowest BCUT2D eigenvalue weighted by atomic mass is 10.3. The first-order valence-electron chi connectivity index (χ1n) is 6.15. The van der Waals surface area contributed by atoms with Gasteiger partial charge in [-0.15, -0.1) is 0 Å². The first-order chi connectivity index (χ1) is 10.1. The molecule has 2 aromatic carbocycles. The topological polar surface area (TPSA) is 29.9 Å². The van der Waals surface area contributed by atoms with E-state index in [1.165, 1.54) is 17.0 Å². The molecule has 0 unspecified atom stereocenters. The Kier molecular flexibility index (Phi) is 3.35. The molecular weight excluding hydrogens is 279 g/mol. The normalized spacial score (nSPS) is 10.6. The molecule has 0 saturated carbocycles. The summed E-state index contributed by atoms with van der Waals surface area (Å²) in [5, 5.41) is 3.02. The van der Waals surface area contributed by atoms with Gasteiger partial charge in [0.05, 0.1) is 5.69 Å². The van der Waals surface area contributed by atoms with Gasteiger partial charge in [0.2, 0.25) is 5.95 Å². The molecule has 0 atom stereocenters. The number of imidazole rings is 1. The number of halogens is 3. The van der Waals surface area contributed by atoms with Crippen molar-refractivity contribution in [3.8, 4) is 5.69 Å². The van der Waals surface area contributed by atoms with Crippen molar-refractivity contribution >= 4 is 11.6 Å². The SMILES string of the molecule is Fc1cc(-n2ccnc2Nc2ccccc2)cc(F)c1F. The van der Waals surface area contributed by atoms with E-state index in [1.807, 2.05) is 30.3 Å². The highest BCUT2D eigenvalue weighted by molar-refractivity contribution is 5.55. The van der Waals surface area contributed by atoms with Crippen LogP contribution in [-0.4, -0.2) is 9.55 Å². The predicted molar refractivity (Wildman–Crippen MR) is 73.2 cm³/mol. The van der Waals surface area contributed by atoms with E-state index in [9.17, 15) is 13.2 Å². The summed E-state index contributed by atoms with van der Waals surface area (Å²) < 4.78 is 41.1. The standard InChI is InChI=1S/C15H10F3N3/c16-12-8-11(9-13(17)14(12)18)21-7-6-19-15(21)20-10-4-2-1-3-5-10/h1-9H,(H,19,20). The smallest absolute Gasteiger partial charge is 0.212 e. The van der Waals surface area contributed by atoms with E-state index in [2.05, 4.69) is 10.3 Å². The minimum Gasteiger partial charge on any atom is -0.325 e. The lowest BCUT2D eigenvalue weighted by molar-refractivity contribution is 0.446. The third kappa shape index (κ3) is 2.60. The van der Waals surface area contributed by atoms with Gasteiger partial charge in [-0.05, 0) is 12.1 Å². The van der Waals surface area contributed by atoms with Gasteiger partial charge in [-0.1, -0.05) is 18.2 Å². The van der Waals surface area contributed by atoms with Crippen LogP contribution in [0.25, 0.3) is 5.69 Å². The van der Waals surface area contributed by atoms with E-state index < -0.39 is 17.5 Å². The largest absolute Gasteiger partial charge is 0.325 e. The molecule has 1 aromatic heterocycles. The van der Waals surface area contributed by atoms with Gasteiger partial charge >= 0.3 is 0 Å². The maximum absolute atomic E-state index is 13.3. The summed E-state index contributed by atoms with van der Waals surface area (Å²) in [6.45, 7) is 0. The maximum Gasteiger partial charge on any atom is 0.212 e. The van der Waals surface area contributed by atoms with Crippen molar-refractivity contribution in [3.05, 3.63) is 72.3 Å². The van der Waals surface area contributed by atoms with Crippen LogP contribution >= 0.6 is 0 Å². The number of nitrogens with one attached hydrogen (secondary N) is 1. The summed E-state index contributed by atoms with van der Waals surface area (Å²) in [5.74, 6) is -3.61. The first-order valence-corrected chi connectivity index (χ1v) is 6.15. The third-order valence-electron chi connectivity index (χ3n) is 2.92. The summed E-state index contributed by atoms with van der Waals surface area (Å²) in [6, 6.07) is 11.0. The zero-order valence-electron chi connectivity index (χ0n) is 10.7. The Labute approximate surface area is 118 Å². The fraction of sp³-hybridized carbons (Fsp3) is 0. The van der Waals surface area contributed by atoms with Crippen LogP contribution < -0.4 is 5.32 Å². The summed E-state index contributed by atoms with van der Waals surface area (Å²) in [4.78, 5) is 4.08. The number of benzene rings is 2. The Bertz CT molecular complexity index is 746. The Hall–Kier alpha value is -2.76. The Morgan fingerprint density at radius 2 is 1.62 bits per heavy atom. The molecule has 0 radical (unpaired) electrons. The molecule has 21 heavy (non-hydrogen) atoms. The molecule has 3 rings (SSSR count). The molecule has 0 spiro atoms. The average Bonchev–Trinajstić information content (AvgIpc) is 2.93. The maximum atomic E-state index is 13.3. The summed E-state index contributed by atoms with van der Waals surface area (Å²) >= 11 is 0. The number of para-hydroxylation sites is 1. The van der Waals surface area contributed by atoms with Gasteiger partial charge in [-0.25, -0.2) is 18.2 Å². The fourth-order valence-corrected chi connectivity index (χ4v) is 1.94. The molecule has 6 heteroatoms. The van der Waals surface area contributed by atoms with Crippen LogP contribution in [0.3, 0.4) is 0 Å². The molecule has 0 fully saturated rings. The van der Waals surface area contributed by atoms with Gasteiger partial charge in [0.1, 0.15) is 0 Å². The van der Waals surface area contributed by atoms with E-state index in [0.717, 1.165) is 17.8 Å². The van der Waals surface area contributed by atoms with E-state index in [-0.39, 0.29) is 5.69 Å². The van der Waals surface area contributed by atoms with Crippen molar-refractivity contribution in [1.29, 1.82) is 0 Å². The quantitative estimate of drug-likeness (QED) is 0.738. The number of hydrogen-bond donors (Lipinski definition) is 1. The molecule has 106 valence electrons. The molecule has 0 aliphatic heterocycles. The summed E-state index contributed by atoms with van der Waals surface area (Å²) in [7, 11) is 0. The van der Waals surface area contributed by atoms with E-state index in [0.29, 0.717) is 5.95 Å². The molecule has 0 bridgehead atoms. The minimum absolute atomic E-state index is 0.141. The van der Waals surface area contributed by atoms with Crippen LogP contribution in [0.1, 0.15) is 0 Å². The second-order valence-electron chi connectivity index (χ2n) is 4.34. The van der Waals surface area contributed by atoms with Crippen molar-refractivity contribution in [3.63, 3.8) is 0 Å². The molecule has 1 N–H and O–H groups in total. The van der Waals surface area contributed by atoms with Gasteiger partial charge in [0, 0.05) is 30.2 Å². The van der Waals surface area contributed by atoms with Gasteiger partial charge in [-0.3, -0.25) is 4.57 Å². The highest BCUT2D eigenvalue weighted by Crippen LogP contribution is 2.22. The molecule has 0 aliphatic rings.